The lowest BCUT2D eigenvalue weighted by Crippen LogP contribution is -2.33. The van der Waals surface area contributed by atoms with Crippen molar-refractivity contribution < 1.29 is 8.22 Å². The summed E-state index contributed by atoms with van der Waals surface area (Å²) in [7, 11) is 0. The number of aryl methyl sites for hydroxylation is 1. The summed E-state index contributed by atoms with van der Waals surface area (Å²) in [5, 5.41) is 0. The van der Waals surface area contributed by atoms with Gasteiger partial charge >= 0.3 is 0 Å². The summed E-state index contributed by atoms with van der Waals surface area (Å²) in [6, 6.07) is 2.65. The number of hydrogen-bond acceptors (Lipinski definition) is 4. The van der Waals surface area contributed by atoms with E-state index >= 15 is 0 Å². The Kier molecular flexibility index (Phi) is 3.52. The fourth-order valence-electron chi connectivity index (χ4n) is 3.51. The number of hydrogen-bond donors (Lipinski definition) is 2. The van der Waals surface area contributed by atoms with E-state index in [1.165, 1.54) is 0 Å². The Hall–Kier alpha value is -2.24. The molecule has 2 heterocycles. The predicted molar refractivity (Wildman–Crippen MR) is 105 cm³/mol. The highest BCUT2D eigenvalue weighted by Crippen LogP contribution is 2.33. The van der Waals surface area contributed by atoms with Crippen LogP contribution in [0.4, 0.5) is 0 Å². The van der Waals surface area contributed by atoms with Crippen LogP contribution in [0.15, 0.2) is 42.5 Å². The van der Waals surface area contributed by atoms with Crippen LogP contribution in [0.25, 0.3) is 11.0 Å². The van der Waals surface area contributed by atoms with E-state index in [9.17, 15) is 0 Å². The lowest BCUT2D eigenvalue weighted by atomic mass is 9.90. The molecule has 0 unspecified atom stereocenters. The van der Waals surface area contributed by atoms with Gasteiger partial charge in [0, 0.05) is 8.94 Å². The summed E-state index contributed by atoms with van der Waals surface area (Å²) < 4.78 is 49.8. The first-order valence-corrected chi connectivity index (χ1v) is 9.10. The molecule has 0 radical (unpaired) electrons. The van der Waals surface area contributed by atoms with Gasteiger partial charge in [-0.1, -0.05) is 18.2 Å². The number of H-pyrrole nitrogens is 1. The van der Waals surface area contributed by atoms with Gasteiger partial charge in [0.25, 0.3) is 0 Å². The van der Waals surface area contributed by atoms with Crippen molar-refractivity contribution in [3.8, 4) is 0 Å². The molecule has 0 aliphatic heterocycles. The topological polar surface area (TPSA) is 70.8 Å². The summed E-state index contributed by atoms with van der Waals surface area (Å²) in [5.74, 6) is 0.395. The number of benzene rings is 1. The summed E-state index contributed by atoms with van der Waals surface area (Å²) in [6.07, 6.45) is 5.11. The van der Waals surface area contributed by atoms with Gasteiger partial charge in [-0.2, -0.15) is 0 Å². The Morgan fingerprint density at radius 3 is 3.19 bits per heavy atom. The van der Waals surface area contributed by atoms with E-state index in [1.54, 1.807) is 11.1 Å². The smallest absolute Gasteiger partial charge is 0.121 e. The highest BCUT2D eigenvalue weighted by Gasteiger charge is 2.27. The summed E-state index contributed by atoms with van der Waals surface area (Å²) in [5.41, 5.74) is 8.05. The number of rotatable bonds is 7. The average Bonchev–Trinajstić information content (AvgIpc) is 3.22. The highest BCUT2D eigenvalue weighted by atomic mass is 15.2. The molecule has 0 fully saturated rings. The molecule has 0 spiro atoms. The third kappa shape index (κ3) is 3.64. The molecule has 0 amide bonds. The summed E-state index contributed by atoms with van der Waals surface area (Å²) in [4.78, 5) is 13.8. The van der Waals surface area contributed by atoms with Crippen LogP contribution in [0.3, 0.4) is 0 Å². The van der Waals surface area contributed by atoms with Gasteiger partial charge in [0.2, 0.25) is 0 Å². The maximum absolute atomic E-state index is 8.83. The summed E-state index contributed by atoms with van der Waals surface area (Å²) >= 11 is 0. The van der Waals surface area contributed by atoms with Crippen LogP contribution in [0.1, 0.15) is 57.0 Å². The monoisotopic (exact) mass is 355 g/mol. The lowest BCUT2D eigenvalue weighted by molar-refractivity contribution is 0.159. The Balaban J connectivity index is 1.77. The normalized spacial score (nSPS) is 20.8. The molecular formula is C21H27N5. The quantitative estimate of drug-likeness (QED) is 0.679. The average molecular weight is 356 g/mol. The number of fused-ring (bicyclic) bond motifs is 2. The van der Waals surface area contributed by atoms with Gasteiger partial charge < -0.3 is 10.7 Å². The number of pyridine rings is 1. The second-order valence-corrected chi connectivity index (χ2v) is 6.54. The van der Waals surface area contributed by atoms with Gasteiger partial charge in [-0.3, -0.25) is 9.88 Å². The van der Waals surface area contributed by atoms with E-state index < -0.39 is 6.50 Å². The van der Waals surface area contributed by atoms with Crippen molar-refractivity contribution in [2.75, 3.05) is 13.0 Å². The molecule has 1 aromatic carbocycles. The van der Waals surface area contributed by atoms with Gasteiger partial charge in [-0.25, -0.2) is 4.98 Å². The molecule has 136 valence electrons. The van der Waals surface area contributed by atoms with E-state index in [-0.39, 0.29) is 54.2 Å². The van der Waals surface area contributed by atoms with Crippen LogP contribution in [0, 0.1) is 0 Å². The molecule has 5 nitrogen and oxygen atoms in total. The minimum Gasteiger partial charge on any atom is -0.341 e. The Bertz CT molecular complexity index is 1090. The molecule has 1 atom stereocenters. The number of nitrogens with one attached hydrogen (secondary N) is 1. The number of aromatic nitrogens is 3. The van der Waals surface area contributed by atoms with Gasteiger partial charge in [0.15, 0.2) is 0 Å². The van der Waals surface area contributed by atoms with Crippen molar-refractivity contribution in [1.82, 2.24) is 19.9 Å². The standard InChI is InChI=1S/C21H27N5/c22-12-3-4-14-26(15-20-24-17-9-1-2-10-18(17)25-20)19-11-5-7-16-8-6-13-23-21(16)19/h1-2,6,8-10,13,19H,3-5,7,11-12,14-15,22H2,(H,24,25)/t19-/m0/s1/i1D,2D,9D,10D,14D2. The molecule has 1 aliphatic carbocycles. The molecule has 1 aliphatic rings. The zero-order chi connectivity index (χ0) is 23.0. The van der Waals surface area contributed by atoms with E-state index in [2.05, 4.69) is 15.0 Å². The third-order valence-corrected chi connectivity index (χ3v) is 4.74. The van der Waals surface area contributed by atoms with Gasteiger partial charge in [0.1, 0.15) is 5.82 Å². The highest BCUT2D eigenvalue weighted by molar-refractivity contribution is 5.74. The maximum atomic E-state index is 8.83. The van der Waals surface area contributed by atoms with E-state index in [0.717, 1.165) is 30.5 Å². The van der Waals surface area contributed by atoms with Crippen LogP contribution in [-0.4, -0.2) is 32.9 Å². The minimum absolute atomic E-state index is 0.118. The van der Waals surface area contributed by atoms with E-state index in [1.807, 2.05) is 12.1 Å². The molecule has 5 heteroatoms. The van der Waals surface area contributed by atoms with Crippen molar-refractivity contribution in [3.05, 3.63) is 59.6 Å². The van der Waals surface area contributed by atoms with Crippen molar-refractivity contribution in [3.63, 3.8) is 0 Å². The SMILES string of the molecule is [2H]c1c([2H])c([2H])c2[nH]c(CN([C@H]3CCCc4cccnc43)C([2H])([2H])CCCN)nc2c1[2H]. The van der Waals surface area contributed by atoms with Gasteiger partial charge in [-0.15, -0.1) is 0 Å². The van der Waals surface area contributed by atoms with Crippen LogP contribution in [0.2, 0.25) is 0 Å². The molecule has 0 bridgehead atoms. The second kappa shape index (κ2) is 7.98. The first-order chi connectivity index (χ1) is 15.2. The molecule has 3 N–H and O–H groups in total. The molecule has 26 heavy (non-hydrogen) atoms. The fourth-order valence-corrected chi connectivity index (χ4v) is 3.51. The predicted octanol–water partition coefficient (Wildman–Crippen LogP) is 3.58. The van der Waals surface area contributed by atoms with Crippen LogP contribution in [-0.2, 0) is 13.0 Å². The zero-order valence-corrected chi connectivity index (χ0v) is 14.7. The largest absolute Gasteiger partial charge is 0.341 e. The number of nitrogens with two attached hydrogens (primary N) is 1. The van der Waals surface area contributed by atoms with E-state index in [4.69, 9.17) is 14.0 Å². The van der Waals surface area contributed by atoms with Crippen molar-refractivity contribution in [2.24, 2.45) is 5.73 Å². The maximum Gasteiger partial charge on any atom is 0.121 e. The van der Waals surface area contributed by atoms with Crippen molar-refractivity contribution in [1.29, 1.82) is 0 Å². The van der Waals surface area contributed by atoms with E-state index in [0.29, 0.717) is 18.8 Å². The first-order valence-electron chi connectivity index (χ1n) is 12.1. The zero-order valence-electron chi connectivity index (χ0n) is 20.7. The molecular weight excluding hydrogens is 322 g/mol. The van der Waals surface area contributed by atoms with Crippen LogP contribution >= 0.6 is 0 Å². The lowest BCUT2D eigenvalue weighted by Gasteiger charge is -2.34. The number of imidazole rings is 1. The molecule has 2 aromatic heterocycles. The Labute approximate surface area is 163 Å². The fraction of sp³-hybridized carbons (Fsp3) is 0.429. The summed E-state index contributed by atoms with van der Waals surface area (Å²) in [6.45, 7) is -1.17. The van der Waals surface area contributed by atoms with Gasteiger partial charge in [0.05, 0.1) is 34.8 Å². The van der Waals surface area contributed by atoms with Crippen molar-refractivity contribution in [2.45, 2.75) is 44.7 Å². The molecule has 0 saturated carbocycles. The molecule has 3 aromatic rings. The molecule has 4 rings (SSSR count). The number of aromatic amines is 1. The molecule has 0 saturated heterocycles. The van der Waals surface area contributed by atoms with Crippen LogP contribution in [0.5, 0.6) is 0 Å². The van der Waals surface area contributed by atoms with Gasteiger partial charge in [-0.05, 0) is 68.9 Å². The third-order valence-electron chi connectivity index (χ3n) is 4.74. The number of para-hydroxylation sites is 2. The first kappa shape index (κ1) is 11.5. The Morgan fingerprint density at radius 1 is 1.35 bits per heavy atom. The second-order valence-electron chi connectivity index (χ2n) is 6.54. The van der Waals surface area contributed by atoms with Crippen molar-refractivity contribution >= 4 is 11.0 Å². The number of nitrogens with zero attached hydrogens (tertiary/aromatic N) is 3. The Morgan fingerprint density at radius 2 is 2.27 bits per heavy atom. The van der Waals surface area contributed by atoms with Crippen LogP contribution < -0.4 is 5.73 Å². The minimum atomic E-state index is -1.68.